The minimum Gasteiger partial charge on any atom is -0.444 e. The lowest BCUT2D eigenvalue weighted by Crippen LogP contribution is -2.50. The third-order valence-electron chi connectivity index (χ3n) is 5.99. The second kappa shape index (κ2) is 8.94. The average Bonchev–Trinajstić information content (AvgIpc) is 3.07. The monoisotopic (exact) mass is 479 g/mol. The number of ether oxygens (including phenoxy) is 1. The Labute approximate surface area is 201 Å². The Balaban J connectivity index is 1.44. The zero-order chi connectivity index (χ0) is 25.5. The number of Topliss-reactive ketones (excluding diaryl/α,β-unsaturated/α-hetero) is 3. The number of carbonyl (C=O) groups is 4. The summed E-state index contributed by atoms with van der Waals surface area (Å²) in [6.07, 6.45) is -0.356. The first-order valence-electron chi connectivity index (χ1n) is 11.2. The first-order chi connectivity index (χ1) is 16.5. The van der Waals surface area contributed by atoms with Crippen LogP contribution in [0.25, 0.3) is 0 Å². The van der Waals surface area contributed by atoms with E-state index in [1.165, 1.54) is 24.3 Å². The number of fused-ring (bicyclic) bond motifs is 1. The van der Waals surface area contributed by atoms with E-state index in [2.05, 4.69) is 4.90 Å². The van der Waals surface area contributed by atoms with Gasteiger partial charge in [-0.3, -0.25) is 24.5 Å². The molecule has 0 radical (unpaired) electrons. The highest BCUT2D eigenvalue weighted by Crippen LogP contribution is 2.35. The van der Waals surface area contributed by atoms with Crippen molar-refractivity contribution >= 4 is 34.8 Å². The van der Waals surface area contributed by atoms with Gasteiger partial charge in [0.1, 0.15) is 17.1 Å². The molecule has 182 valence electrons. The molecule has 2 aromatic rings. The maximum atomic E-state index is 13.1. The van der Waals surface area contributed by atoms with Gasteiger partial charge in [0.15, 0.2) is 17.3 Å². The van der Waals surface area contributed by atoms with Gasteiger partial charge in [0, 0.05) is 49.1 Å². The van der Waals surface area contributed by atoms with Crippen molar-refractivity contribution in [3.63, 3.8) is 0 Å². The molecule has 1 amide bonds. The van der Waals surface area contributed by atoms with Crippen LogP contribution in [0.1, 0.15) is 51.8 Å². The van der Waals surface area contributed by atoms with E-state index in [0.29, 0.717) is 26.2 Å². The molecule has 1 atom stereocenters. The van der Waals surface area contributed by atoms with Crippen LogP contribution < -0.4 is 4.90 Å². The van der Waals surface area contributed by atoms with Gasteiger partial charge in [0.05, 0.1) is 4.92 Å². The number of nitro groups is 1. The van der Waals surface area contributed by atoms with Crippen LogP contribution in [0.5, 0.6) is 0 Å². The first-order valence-corrected chi connectivity index (χ1v) is 11.2. The van der Waals surface area contributed by atoms with Crippen molar-refractivity contribution in [3.8, 4) is 0 Å². The van der Waals surface area contributed by atoms with Crippen molar-refractivity contribution in [1.29, 1.82) is 0 Å². The van der Waals surface area contributed by atoms with Gasteiger partial charge < -0.3 is 14.5 Å². The molecule has 0 aromatic heterocycles. The molecule has 2 aromatic carbocycles. The highest BCUT2D eigenvalue weighted by atomic mass is 16.6. The van der Waals surface area contributed by atoms with Crippen LogP contribution in [0.2, 0.25) is 0 Å². The smallest absolute Gasteiger partial charge is 0.410 e. The lowest BCUT2D eigenvalue weighted by molar-refractivity contribution is -0.385. The van der Waals surface area contributed by atoms with Gasteiger partial charge in [-0.15, -0.1) is 0 Å². The highest BCUT2D eigenvalue weighted by Gasteiger charge is 2.47. The molecule has 1 saturated heterocycles. The van der Waals surface area contributed by atoms with E-state index < -0.39 is 39.5 Å². The molecule has 35 heavy (non-hydrogen) atoms. The molecule has 1 fully saturated rings. The molecule has 10 heteroatoms. The first kappa shape index (κ1) is 24.1. The number of rotatable bonds is 4. The molecular weight excluding hydrogens is 454 g/mol. The van der Waals surface area contributed by atoms with E-state index in [1.807, 2.05) is 20.8 Å². The van der Waals surface area contributed by atoms with E-state index >= 15 is 0 Å². The largest absolute Gasteiger partial charge is 0.444 e. The Kier molecular flexibility index (Phi) is 6.14. The second-order valence-electron chi connectivity index (χ2n) is 9.48. The molecule has 0 saturated carbocycles. The summed E-state index contributed by atoms with van der Waals surface area (Å²) >= 11 is 0. The van der Waals surface area contributed by atoms with Crippen molar-refractivity contribution in [2.75, 3.05) is 31.1 Å². The summed E-state index contributed by atoms with van der Waals surface area (Å²) in [7, 11) is 0. The Bertz CT molecular complexity index is 1220. The summed E-state index contributed by atoms with van der Waals surface area (Å²) < 4.78 is 5.41. The average molecular weight is 479 g/mol. The number of nitro benzene ring substituents is 1. The number of nitrogens with zero attached hydrogens (tertiary/aromatic N) is 3. The minimum atomic E-state index is -1.62. The number of anilines is 1. The van der Waals surface area contributed by atoms with Gasteiger partial charge in [-0.25, -0.2) is 4.79 Å². The van der Waals surface area contributed by atoms with Crippen molar-refractivity contribution in [2.45, 2.75) is 26.4 Å². The summed E-state index contributed by atoms with van der Waals surface area (Å²) in [5.41, 5.74) is -0.443. The fourth-order valence-electron chi connectivity index (χ4n) is 4.29. The summed E-state index contributed by atoms with van der Waals surface area (Å²) in [5.74, 6) is -3.87. The number of ketones is 3. The molecule has 1 heterocycles. The van der Waals surface area contributed by atoms with E-state index in [9.17, 15) is 29.3 Å². The lowest BCUT2D eigenvalue weighted by Gasteiger charge is -2.36. The van der Waals surface area contributed by atoms with Gasteiger partial charge in [0.25, 0.3) is 5.69 Å². The van der Waals surface area contributed by atoms with Crippen molar-refractivity contribution in [2.24, 2.45) is 5.92 Å². The SMILES string of the molecule is CC(C)(C)OC(=O)N1CCN(c2ccc(C(=O)C3C(=O)c4cccc([N+](=O)[O-])c4C3=O)cc2)CC1. The number of carbonyl (C=O) groups excluding carboxylic acids is 4. The minimum absolute atomic E-state index is 0.0953. The maximum absolute atomic E-state index is 13.1. The number of piperazine rings is 1. The molecule has 2 aliphatic rings. The van der Waals surface area contributed by atoms with E-state index in [0.717, 1.165) is 11.8 Å². The van der Waals surface area contributed by atoms with Crippen LogP contribution in [-0.2, 0) is 4.74 Å². The molecule has 0 spiro atoms. The van der Waals surface area contributed by atoms with Crippen LogP contribution >= 0.6 is 0 Å². The van der Waals surface area contributed by atoms with Gasteiger partial charge in [0.2, 0.25) is 0 Å². The van der Waals surface area contributed by atoms with E-state index in [-0.39, 0.29) is 22.8 Å². The molecule has 0 bridgehead atoms. The van der Waals surface area contributed by atoms with Crippen LogP contribution in [0, 0.1) is 16.0 Å². The van der Waals surface area contributed by atoms with Gasteiger partial charge in [-0.1, -0.05) is 12.1 Å². The normalized spacial score (nSPS) is 17.9. The van der Waals surface area contributed by atoms with E-state index in [4.69, 9.17) is 4.74 Å². The maximum Gasteiger partial charge on any atom is 0.410 e. The molecule has 4 rings (SSSR count). The van der Waals surface area contributed by atoms with Crippen molar-refractivity contribution in [3.05, 3.63) is 69.3 Å². The molecule has 1 aliphatic heterocycles. The Morgan fingerprint density at radius 3 is 2.17 bits per heavy atom. The van der Waals surface area contributed by atoms with Crippen LogP contribution in [-0.4, -0.2) is 65.0 Å². The lowest BCUT2D eigenvalue weighted by atomic mass is 9.93. The van der Waals surface area contributed by atoms with E-state index in [1.54, 1.807) is 17.0 Å². The molecular formula is C25H25N3O7. The summed E-state index contributed by atoms with van der Waals surface area (Å²) in [5, 5.41) is 11.3. The highest BCUT2D eigenvalue weighted by molar-refractivity contribution is 6.38. The van der Waals surface area contributed by atoms with Crippen molar-refractivity contribution in [1.82, 2.24) is 4.90 Å². The predicted molar refractivity (Wildman–Crippen MR) is 126 cm³/mol. The van der Waals surface area contributed by atoms with Gasteiger partial charge in [-0.05, 0) is 45.0 Å². The summed E-state index contributed by atoms with van der Waals surface area (Å²) in [4.78, 5) is 65.2. The third kappa shape index (κ3) is 4.64. The Hall–Kier alpha value is -4.08. The quantitative estimate of drug-likeness (QED) is 0.282. The number of benzene rings is 2. The van der Waals surface area contributed by atoms with Crippen LogP contribution in [0.4, 0.5) is 16.2 Å². The van der Waals surface area contributed by atoms with Crippen LogP contribution in [0.3, 0.4) is 0 Å². The van der Waals surface area contributed by atoms with Gasteiger partial charge >= 0.3 is 6.09 Å². The molecule has 1 aliphatic carbocycles. The summed E-state index contributed by atoms with van der Waals surface area (Å²) in [6, 6.07) is 10.3. The zero-order valence-corrected chi connectivity index (χ0v) is 19.6. The Morgan fingerprint density at radius 1 is 0.971 bits per heavy atom. The van der Waals surface area contributed by atoms with Crippen molar-refractivity contribution < 1.29 is 28.8 Å². The van der Waals surface area contributed by atoms with Crippen LogP contribution in [0.15, 0.2) is 42.5 Å². The molecule has 0 N–H and O–H groups in total. The number of hydrogen-bond donors (Lipinski definition) is 0. The molecule has 10 nitrogen and oxygen atoms in total. The predicted octanol–water partition coefficient (Wildman–Crippen LogP) is 3.53. The third-order valence-corrected chi connectivity index (χ3v) is 5.99. The topological polar surface area (TPSA) is 127 Å². The standard InChI is InChI=1S/C25H25N3O7/c1-25(2,3)35-24(32)27-13-11-26(12-14-27)16-9-7-15(8-10-16)21(29)20-22(30)17-5-4-6-18(28(33)34)19(17)23(20)31/h4-10,20H,11-14H2,1-3H3. The fraction of sp³-hybridized carbons (Fsp3) is 0.360. The number of amides is 1. The molecule has 1 unspecified atom stereocenters. The second-order valence-corrected chi connectivity index (χ2v) is 9.48. The number of hydrogen-bond acceptors (Lipinski definition) is 8. The summed E-state index contributed by atoms with van der Waals surface area (Å²) in [6.45, 7) is 7.57. The Morgan fingerprint density at radius 2 is 1.60 bits per heavy atom. The fourth-order valence-corrected chi connectivity index (χ4v) is 4.29. The van der Waals surface area contributed by atoms with Gasteiger partial charge in [-0.2, -0.15) is 0 Å². The zero-order valence-electron chi connectivity index (χ0n) is 19.6.